The SMILES string of the molecule is O=C(NC(Cc1ccccc1)C(=O)N1CCCC1)C1CCNC1. The van der Waals surface area contributed by atoms with Crippen molar-refractivity contribution in [2.45, 2.75) is 31.7 Å². The number of amides is 2. The number of benzene rings is 1. The van der Waals surface area contributed by atoms with Gasteiger partial charge in [-0.3, -0.25) is 9.59 Å². The highest BCUT2D eigenvalue weighted by Gasteiger charge is 2.31. The molecule has 0 bridgehead atoms. The Morgan fingerprint density at radius 2 is 1.96 bits per heavy atom. The average Bonchev–Trinajstić information content (AvgIpc) is 3.27. The summed E-state index contributed by atoms with van der Waals surface area (Å²) in [7, 11) is 0. The van der Waals surface area contributed by atoms with Crippen LogP contribution in [0.2, 0.25) is 0 Å². The van der Waals surface area contributed by atoms with Gasteiger partial charge in [0.25, 0.3) is 0 Å². The van der Waals surface area contributed by atoms with Gasteiger partial charge >= 0.3 is 0 Å². The van der Waals surface area contributed by atoms with Gasteiger partial charge in [-0.1, -0.05) is 30.3 Å². The standard InChI is InChI=1S/C18H25N3O2/c22-17(15-8-9-19-13-15)20-16(12-14-6-2-1-3-7-14)18(23)21-10-4-5-11-21/h1-3,6-7,15-16,19H,4-5,8-13H2,(H,20,22). The van der Waals surface area contributed by atoms with E-state index in [1.165, 1.54) is 0 Å². The van der Waals surface area contributed by atoms with Crippen molar-refractivity contribution < 1.29 is 9.59 Å². The van der Waals surface area contributed by atoms with Gasteiger partial charge in [0, 0.05) is 26.1 Å². The molecule has 5 heteroatoms. The Bertz CT molecular complexity index is 534. The third kappa shape index (κ3) is 4.10. The summed E-state index contributed by atoms with van der Waals surface area (Å²) < 4.78 is 0. The highest BCUT2D eigenvalue weighted by Crippen LogP contribution is 2.14. The average molecular weight is 315 g/mol. The first kappa shape index (κ1) is 16.0. The van der Waals surface area contributed by atoms with E-state index in [0.29, 0.717) is 13.0 Å². The first-order valence-corrected chi connectivity index (χ1v) is 8.58. The van der Waals surface area contributed by atoms with E-state index < -0.39 is 6.04 Å². The Hall–Kier alpha value is -1.88. The van der Waals surface area contributed by atoms with Gasteiger partial charge in [0.1, 0.15) is 6.04 Å². The molecular weight excluding hydrogens is 290 g/mol. The number of rotatable bonds is 5. The molecule has 0 saturated carbocycles. The third-order valence-corrected chi connectivity index (χ3v) is 4.75. The van der Waals surface area contributed by atoms with E-state index in [2.05, 4.69) is 10.6 Å². The van der Waals surface area contributed by atoms with Gasteiger partial charge in [-0.2, -0.15) is 0 Å². The van der Waals surface area contributed by atoms with Crippen LogP contribution in [0.1, 0.15) is 24.8 Å². The van der Waals surface area contributed by atoms with Crippen molar-refractivity contribution in [2.75, 3.05) is 26.2 Å². The van der Waals surface area contributed by atoms with Crippen LogP contribution < -0.4 is 10.6 Å². The van der Waals surface area contributed by atoms with Gasteiger partial charge in [-0.05, 0) is 31.4 Å². The summed E-state index contributed by atoms with van der Waals surface area (Å²) in [6.07, 6.45) is 3.53. The molecule has 2 aliphatic heterocycles. The lowest BCUT2D eigenvalue weighted by molar-refractivity contribution is -0.136. The van der Waals surface area contributed by atoms with Crippen LogP contribution in [0.5, 0.6) is 0 Å². The van der Waals surface area contributed by atoms with Crippen LogP contribution in [0.25, 0.3) is 0 Å². The van der Waals surface area contributed by atoms with Crippen molar-refractivity contribution in [2.24, 2.45) is 5.92 Å². The fourth-order valence-electron chi connectivity index (χ4n) is 3.38. The molecule has 0 aromatic heterocycles. The van der Waals surface area contributed by atoms with Crippen molar-refractivity contribution in [3.05, 3.63) is 35.9 Å². The molecule has 124 valence electrons. The molecule has 5 nitrogen and oxygen atoms in total. The zero-order chi connectivity index (χ0) is 16.1. The minimum atomic E-state index is -0.455. The highest BCUT2D eigenvalue weighted by molar-refractivity contribution is 5.89. The molecule has 2 N–H and O–H groups in total. The maximum atomic E-state index is 12.8. The first-order valence-electron chi connectivity index (χ1n) is 8.58. The maximum Gasteiger partial charge on any atom is 0.245 e. The Kier molecular flexibility index (Phi) is 5.28. The molecule has 2 fully saturated rings. The van der Waals surface area contributed by atoms with Crippen LogP contribution in [0.4, 0.5) is 0 Å². The molecule has 1 aromatic rings. The minimum absolute atomic E-state index is 0.00322. The summed E-state index contributed by atoms with van der Waals surface area (Å²) >= 11 is 0. The molecule has 2 atom stereocenters. The first-order chi connectivity index (χ1) is 11.2. The number of nitrogens with zero attached hydrogens (tertiary/aromatic N) is 1. The molecule has 23 heavy (non-hydrogen) atoms. The van der Waals surface area contributed by atoms with Gasteiger partial charge in [0.2, 0.25) is 11.8 Å². The van der Waals surface area contributed by atoms with Crippen molar-refractivity contribution in [3.63, 3.8) is 0 Å². The van der Waals surface area contributed by atoms with Gasteiger partial charge < -0.3 is 15.5 Å². The zero-order valence-electron chi connectivity index (χ0n) is 13.5. The van der Waals surface area contributed by atoms with Gasteiger partial charge in [-0.15, -0.1) is 0 Å². The largest absolute Gasteiger partial charge is 0.344 e. The van der Waals surface area contributed by atoms with Crippen LogP contribution in [-0.2, 0) is 16.0 Å². The van der Waals surface area contributed by atoms with Crippen molar-refractivity contribution in [1.29, 1.82) is 0 Å². The lowest BCUT2D eigenvalue weighted by Gasteiger charge is -2.25. The van der Waals surface area contributed by atoms with E-state index in [4.69, 9.17) is 0 Å². The second kappa shape index (κ2) is 7.59. The van der Waals surface area contributed by atoms with E-state index in [9.17, 15) is 9.59 Å². The molecular formula is C18H25N3O2. The van der Waals surface area contributed by atoms with Crippen LogP contribution in [0, 0.1) is 5.92 Å². The monoisotopic (exact) mass is 315 g/mol. The number of hydrogen-bond acceptors (Lipinski definition) is 3. The van der Waals surface area contributed by atoms with Crippen LogP contribution >= 0.6 is 0 Å². The molecule has 2 saturated heterocycles. The topological polar surface area (TPSA) is 61.4 Å². The summed E-state index contributed by atoms with van der Waals surface area (Å²) in [6, 6.07) is 9.46. The Morgan fingerprint density at radius 3 is 2.61 bits per heavy atom. The maximum absolute atomic E-state index is 12.8. The predicted molar refractivity (Wildman–Crippen MR) is 88.9 cm³/mol. The molecule has 3 rings (SSSR count). The molecule has 0 spiro atoms. The highest BCUT2D eigenvalue weighted by atomic mass is 16.2. The summed E-state index contributed by atoms with van der Waals surface area (Å²) in [6.45, 7) is 3.21. The summed E-state index contributed by atoms with van der Waals surface area (Å²) in [5, 5.41) is 6.22. The van der Waals surface area contributed by atoms with Crippen molar-refractivity contribution >= 4 is 11.8 Å². The lowest BCUT2D eigenvalue weighted by Crippen LogP contribution is -2.50. The fraction of sp³-hybridized carbons (Fsp3) is 0.556. The van der Waals surface area contributed by atoms with Crippen molar-refractivity contribution in [1.82, 2.24) is 15.5 Å². The van der Waals surface area contributed by atoms with Gasteiger partial charge in [0.05, 0.1) is 5.92 Å². The second-order valence-corrected chi connectivity index (χ2v) is 6.47. The Morgan fingerprint density at radius 1 is 1.22 bits per heavy atom. The molecule has 0 radical (unpaired) electrons. The quantitative estimate of drug-likeness (QED) is 0.850. The number of likely N-dealkylation sites (tertiary alicyclic amines) is 1. The molecule has 0 aliphatic carbocycles. The molecule has 1 aromatic carbocycles. The summed E-state index contributed by atoms with van der Waals surface area (Å²) in [5.74, 6) is 0.0498. The molecule has 2 aliphatic rings. The third-order valence-electron chi connectivity index (χ3n) is 4.75. The summed E-state index contributed by atoms with van der Waals surface area (Å²) in [4.78, 5) is 27.1. The number of hydrogen-bond donors (Lipinski definition) is 2. The van der Waals surface area contributed by atoms with E-state index in [1.807, 2.05) is 35.2 Å². The van der Waals surface area contributed by atoms with Crippen LogP contribution in [0.15, 0.2) is 30.3 Å². The van der Waals surface area contributed by atoms with E-state index >= 15 is 0 Å². The van der Waals surface area contributed by atoms with E-state index in [1.54, 1.807) is 0 Å². The van der Waals surface area contributed by atoms with E-state index in [-0.39, 0.29) is 17.7 Å². The molecule has 2 unspecified atom stereocenters. The second-order valence-electron chi connectivity index (χ2n) is 6.47. The fourth-order valence-corrected chi connectivity index (χ4v) is 3.38. The molecule has 2 amide bonds. The summed E-state index contributed by atoms with van der Waals surface area (Å²) in [5.41, 5.74) is 1.08. The zero-order valence-corrected chi connectivity index (χ0v) is 13.5. The van der Waals surface area contributed by atoms with Crippen LogP contribution in [-0.4, -0.2) is 48.9 Å². The normalized spacial score (nSPS) is 22.1. The lowest BCUT2D eigenvalue weighted by atomic mass is 10.0. The number of nitrogens with one attached hydrogen (secondary N) is 2. The Labute approximate surface area is 137 Å². The van der Waals surface area contributed by atoms with Crippen molar-refractivity contribution in [3.8, 4) is 0 Å². The number of carbonyl (C=O) groups excluding carboxylic acids is 2. The number of carbonyl (C=O) groups is 2. The van der Waals surface area contributed by atoms with Gasteiger partial charge in [-0.25, -0.2) is 0 Å². The predicted octanol–water partition coefficient (Wildman–Crippen LogP) is 0.946. The minimum Gasteiger partial charge on any atom is -0.344 e. The Balaban J connectivity index is 1.69. The van der Waals surface area contributed by atoms with Gasteiger partial charge in [0.15, 0.2) is 0 Å². The molecule has 2 heterocycles. The van der Waals surface area contributed by atoms with Crippen LogP contribution in [0.3, 0.4) is 0 Å². The smallest absolute Gasteiger partial charge is 0.245 e. The van der Waals surface area contributed by atoms with E-state index in [0.717, 1.165) is 44.5 Å².